The van der Waals surface area contributed by atoms with Crippen LogP contribution in [0.4, 0.5) is 0 Å². The fourth-order valence-corrected chi connectivity index (χ4v) is 3.77. The van der Waals surface area contributed by atoms with Crippen LogP contribution < -0.4 is 4.74 Å². The summed E-state index contributed by atoms with van der Waals surface area (Å²) in [5.74, 6) is 1.22. The summed E-state index contributed by atoms with van der Waals surface area (Å²) >= 11 is 11.4. The minimum atomic E-state index is -0.229. The number of ether oxygens (including phenoxy) is 1. The number of hydrogen-bond acceptors (Lipinski definition) is 5. The molecule has 3 aromatic rings. The second-order valence-corrected chi connectivity index (χ2v) is 7.64. The molecule has 0 bridgehead atoms. The predicted molar refractivity (Wildman–Crippen MR) is 87.3 cm³/mol. The molecular formula is C13H12BrClN4OS. The molecule has 0 aliphatic heterocycles. The van der Waals surface area contributed by atoms with Gasteiger partial charge in [-0.15, -0.1) is 22.9 Å². The summed E-state index contributed by atoms with van der Waals surface area (Å²) in [5, 5.41) is -0.229. The van der Waals surface area contributed by atoms with Gasteiger partial charge in [0.15, 0.2) is 11.2 Å². The van der Waals surface area contributed by atoms with Gasteiger partial charge in [0, 0.05) is 4.88 Å². The zero-order valence-corrected chi connectivity index (χ0v) is 14.5. The van der Waals surface area contributed by atoms with E-state index >= 15 is 0 Å². The lowest BCUT2D eigenvalue weighted by Crippen LogP contribution is -2.05. The van der Waals surface area contributed by atoms with Crippen molar-refractivity contribution in [1.82, 2.24) is 19.5 Å². The molecule has 0 amide bonds. The van der Waals surface area contributed by atoms with E-state index in [0.717, 1.165) is 15.3 Å². The van der Waals surface area contributed by atoms with Crippen molar-refractivity contribution in [2.24, 2.45) is 0 Å². The summed E-state index contributed by atoms with van der Waals surface area (Å²) in [4.78, 5) is 14.2. The quantitative estimate of drug-likeness (QED) is 0.635. The number of imidazole rings is 1. The third-order valence-electron chi connectivity index (χ3n) is 3.02. The van der Waals surface area contributed by atoms with E-state index in [1.54, 1.807) is 18.4 Å². The van der Waals surface area contributed by atoms with Gasteiger partial charge in [-0.3, -0.25) is 0 Å². The van der Waals surface area contributed by atoms with Crippen molar-refractivity contribution in [2.75, 3.05) is 7.11 Å². The highest BCUT2D eigenvalue weighted by Crippen LogP contribution is 2.30. The highest BCUT2D eigenvalue weighted by molar-refractivity contribution is 9.11. The van der Waals surface area contributed by atoms with Gasteiger partial charge in [0.05, 0.1) is 22.8 Å². The van der Waals surface area contributed by atoms with E-state index in [0.29, 0.717) is 17.9 Å². The number of nitrogens with zero attached hydrogens (tertiary/aromatic N) is 4. The number of hydrogen-bond donors (Lipinski definition) is 0. The Balaban J connectivity index is 2.16. The Bertz CT molecular complexity index is 786. The average molecular weight is 388 g/mol. The lowest BCUT2D eigenvalue weighted by Gasteiger charge is -2.08. The molecular weight excluding hydrogens is 376 g/mol. The van der Waals surface area contributed by atoms with E-state index in [1.165, 1.54) is 11.2 Å². The Labute approximate surface area is 139 Å². The molecule has 0 aliphatic carbocycles. The standard InChI is InChI=1S/C13H12BrClN4OS/c1-7(15)11-18-10-12(16-6-17-13(10)20-2)19(11)5-8-3-4-9(14)21-8/h3-4,6-7H,5H2,1-2H3. The number of fused-ring (bicyclic) bond motifs is 1. The first kappa shape index (κ1) is 14.7. The van der Waals surface area contributed by atoms with Crippen molar-refractivity contribution >= 4 is 50.0 Å². The van der Waals surface area contributed by atoms with Crippen LogP contribution in [0.2, 0.25) is 0 Å². The van der Waals surface area contributed by atoms with E-state index in [2.05, 4.69) is 36.9 Å². The lowest BCUT2D eigenvalue weighted by atomic mass is 10.4. The van der Waals surface area contributed by atoms with Crippen LogP contribution in [-0.2, 0) is 6.54 Å². The van der Waals surface area contributed by atoms with E-state index < -0.39 is 0 Å². The average Bonchev–Trinajstić information content (AvgIpc) is 3.03. The fourth-order valence-electron chi connectivity index (χ4n) is 2.13. The van der Waals surface area contributed by atoms with Crippen LogP contribution in [0.15, 0.2) is 22.2 Å². The van der Waals surface area contributed by atoms with Gasteiger partial charge in [-0.1, -0.05) is 0 Å². The molecule has 0 radical (unpaired) electrons. The monoisotopic (exact) mass is 386 g/mol. The second-order valence-electron chi connectivity index (χ2n) is 4.43. The van der Waals surface area contributed by atoms with Crippen LogP contribution in [0.3, 0.4) is 0 Å². The minimum Gasteiger partial charge on any atom is -0.479 e. The molecule has 0 N–H and O–H groups in total. The second kappa shape index (κ2) is 5.90. The summed E-state index contributed by atoms with van der Waals surface area (Å²) < 4.78 is 8.36. The maximum absolute atomic E-state index is 6.27. The van der Waals surface area contributed by atoms with Gasteiger partial charge in [0.25, 0.3) is 0 Å². The number of alkyl halides is 1. The van der Waals surface area contributed by atoms with E-state index in [4.69, 9.17) is 16.3 Å². The van der Waals surface area contributed by atoms with Crippen molar-refractivity contribution in [3.63, 3.8) is 0 Å². The molecule has 0 saturated carbocycles. The maximum Gasteiger partial charge on any atom is 0.245 e. The van der Waals surface area contributed by atoms with Gasteiger partial charge in [0.2, 0.25) is 5.88 Å². The van der Waals surface area contributed by atoms with Crippen molar-refractivity contribution in [1.29, 1.82) is 0 Å². The van der Waals surface area contributed by atoms with Crippen LogP contribution >= 0.6 is 38.9 Å². The van der Waals surface area contributed by atoms with Crippen LogP contribution in [-0.4, -0.2) is 26.6 Å². The van der Waals surface area contributed by atoms with Crippen molar-refractivity contribution in [3.8, 4) is 5.88 Å². The van der Waals surface area contributed by atoms with Gasteiger partial charge in [-0.05, 0) is 35.0 Å². The van der Waals surface area contributed by atoms with Gasteiger partial charge < -0.3 is 9.30 Å². The topological polar surface area (TPSA) is 52.8 Å². The molecule has 1 unspecified atom stereocenters. The number of halogens is 2. The molecule has 0 fully saturated rings. The van der Waals surface area contributed by atoms with E-state index in [-0.39, 0.29) is 5.38 Å². The van der Waals surface area contributed by atoms with Crippen LogP contribution in [0, 0.1) is 0 Å². The fraction of sp³-hybridized carbons (Fsp3) is 0.308. The Morgan fingerprint density at radius 1 is 1.43 bits per heavy atom. The highest BCUT2D eigenvalue weighted by atomic mass is 79.9. The zero-order valence-electron chi connectivity index (χ0n) is 11.4. The number of thiophene rings is 1. The zero-order chi connectivity index (χ0) is 15.0. The predicted octanol–water partition coefficient (Wildman–Crippen LogP) is 4.01. The molecule has 0 spiro atoms. The largest absolute Gasteiger partial charge is 0.479 e. The smallest absolute Gasteiger partial charge is 0.245 e. The maximum atomic E-state index is 6.27. The van der Waals surface area contributed by atoms with E-state index in [1.807, 2.05) is 17.6 Å². The summed E-state index contributed by atoms with van der Waals surface area (Å²) in [5.41, 5.74) is 1.37. The van der Waals surface area contributed by atoms with E-state index in [9.17, 15) is 0 Å². The van der Waals surface area contributed by atoms with Gasteiger partial charge in [-0.2, -0.15) is 4.98 Å². The molecule has 21 heavy (non-hydrogen) atoms. The van der Waals surface area contributed by atoms with Crippen molar-refractivity contribution in [2.45, 2.75) is 18.8 Å². The highest BCUT2D eigenvalue weighted by Gasteiger charge is 2.19. The molecule has 110 valence electrons. The molecule has 0 aromatic carbocycles. The van der Waals surface area contributed by atoms with Gasteiger partial charge in [0.1, 0.15) is 12.2 Å². The molecule has 3 heterocycles. The summed E-state index contributed by atoms with van der Waals surface area (Å²) in [7, 11) is 1.57. The number of aromatic nitrogens is 4. The molecule has 0 aliphatic rings. The summed E-state index contributed by atoms with van der Waals surface area (Å²) in [6.45, 7) is 2.56. The Morgan fingerprint density at radius 3 is 2.86 bits per heavy atom. The van der Waals surface area contributed by atoms with Crippen molar-refractivity contribution < 1.29 is 4.74 Å². The minimum absolute atomic E-state index is 0.229. The Kier molecular flexibility index (Phi) is 4.14. The number of methoxy groups -OCH3 is 1. The molecule has 3 aromatic heterocycles. The lowest BCUT2D eigenvalue weighted by molar-refractivity contribution is 0.401. The third kappa shape index (κ3) is 2.77. The number of rotatable bonds is 4. The first-order chi connectivity index (χ1) is 10.1. The first-order valence-electron chi connectivity index (χ1n) is 6.23. The SMILES string of the molecule is COc1ncnc2c1nc(C(C)Cl)n2Cc1ccc(Br)s1. The summed E-state index contributed by atoms with van der Waals surface area (Å²) in [6, 6.07) is 4.10. The summed E-state index contributed by atoms with van der Waals surface area (Å²) in [6.07, 6.45) is 1.48. The molecule has 5 nitrogen and oxygen atoms in total. The molecule has 0 saturated heterocycles. The van der Waals surface area contributed by atoms with Crippen LogP contribution in [0.1, 0.15) is 23.0 Å². The van der Waals surface area contributed by atoms with Gasteiger partial charge in [-0.25, -0.2) is 9.97 Å². The van der Waals surface area contributed by atoms with Gasteiger partial charge >= 0.3 is 0 Å². The molecule has 8 heteroatoms. The molecule has 1 atom stereocenters. The van der Waals surface area contributed by atoms with Crippen LogP contribution in [0.25, 0.3) is 11.2 Å². The normalized spacial score (nSPS) is 12.8. The van der Waals surface area contributed by atoms with Crippen LogP contribution in [0.5, 0.6) is 5.88 Å². The Hall–Kier alpha value is -1.18. The Morgan fingerprint density at radius 2 is 2.24 bits per heavy atom. The first-order valence-corrected chi connectivity index (χ1v) is 8.28. The third-order valence-corrected chi connectivity index (χ3v) is 4.82. The van der Waals surface area contributed by atoms with Crippen molar-refractivity contribution in [3.05, 3.63) is 32.9 Å². The molecule has 3 rings (SSSR count).